The highest BCUT2D eigenvalue weighted by Gasteiger charge is 2.15. The van der Waals surface area contributed by atoms with E-state index in [4.69, 9.17) is 0 Å². The SMILES string of the molecule is Cc1ccc(S(=O)(=O)Nc2cccc(-c3ccc(S(C)(=O)=O)nn3)c2)cc1. The lowest BCUT2D eigenvalue weighted by Crippen LogP contribution is -2.12. The Morgan fingerprint density at radius 2 is 1.56 bits per heavy atom. The number of aromatic nitrogens is 2. The standard InChI is InChI=1S/C18H17N3O4S2/c1-13-6-8-16(9-7-13)27(24,25)21-15-5-3-4-14(12-15)17-10-11-18(20-19-17)26(2,22)23/h3-12,21H,1-2H3. The molecular weight excluding hydrogens is 386 g/mol. The highest BCUT2D eigenvalue weighted by molar-refractivity contribution is 7.92. The molecule has 0 unspecified atom stereocenters. The molecule has 0 saturated heterocycles. The third kappa shape index (κ3) is 4.50. The Balaban J connectivity index is 1.88. The Morgan fingerprint density at radius 3 is 2.15 bits per heavy atom. The molecule has 0 saturated carbocycles. The molecule has 0 radical (unpaired) electrons. The summed E-state index contributed by atoms with van der Waals surface area (Å²) in [6, 6.07) is 16.0. The van der Waals surface area contributed by atoms with Crippen LogP contribution in [0.1, 0.15) is 5.56 Å². The van der Waals surface area contributed by atoms with E-state index < -0.39 is 19.9 Å². The van der Waals surface area contributed by atoms with Gasteiger partial charge in [-0.15, -0.1) is 10.2 Å². The molecule has 0 aliphatic heterocycles. The highest BCUT2D eigenvalue weighted by atomic mass is 32.2. The van der Waals surface area contributed by atoms with E-state index in [0.717, 1.165) is 11.8 Å². The molecule has 1 N–H and O–H groups in total. The number of benzene rings is 2. The van der Waals surface area contributed by atoms with Crippen molar-refractivity contribution in [1.29, 1.82) is 0 Å². The van der Waals surface area contributed by atoms with E-state index in [0.29, 0.717) is 16.9 Å². The summed E-state index contributed by atoms with van der Waals surface area (Å²) in [4.78, 5) is 0.163. The molecule has 0 spiro atoms. The van der Waals surface area contributed by atoms with Crippen molar-refractivity contribution >= 4 is 25.5 Å². The number of rotatable bonds is 5. The molecule has 0 aliphatic carbocycles. The number of hydrogen-bond donors (Lipinski definition) is 1. The number of aryl methyl sites for hydroxylation is 1. The highest BCUT2D eigenvalue weighted by Crippen LogP contribution is 2.23. The fourth-order valence-corrected chi connectivity index (χ4v) is 3.90. The zero-order valence-corrected chi connectivity index (χ0v) is 16.3. The fraction of sp³-hybridized carbons (Fsp3) is 0.111. The monoisotopic (exact) mass is 403 g/mol. The molecular formula is C18H17N3O4S2. The quantitative estimate of drug-likeness (QED) is 0.702. The third-order valence-electron chi connectivity index (χ3n) is 3.76. The zero-order valence-electron chi connectivity index (χ0n) is 14.6. The van der Waals surface area contributed by atoms with E-state index in [2.05, 4.69) is 14.9 Å². The molecule has 9 heteroatoms. The van der Waals surface area contributed by atoms with Crippen molar-refractivity contribution < 1.29 is 16.8 Å². The maximum absolute atomic E-state index is 12.5. The van der Waals surface area contributed by atoms with E-state index in [-0.39, 0.29) is 9.92 Å². The first-order valence-electron chi connectivity index (χ1n) is 7.89. The van der Waals surface area contributed by atoms with Crippen molar-refractivity contribution in [2.75, 3.05) is 11.0 Å². The van der Waals surface area contributed by atoms with Crippen LogP contribution in [-0.4, -0.2) is 33.3 Å². The minimum atomic E-state index is -3.72. The van der Waals surface area contributed by atoms with E-state index >= 15 is 0 Å². The number of sulfonamides is 1. The molecule has 0 aliphatic rings. The van der Waals surface area contributed by atoms with Gasteiger partial charge in [-0.3, -0.25) is 4.72 Å². The van der Waals surface area contributed by atoms with Gasteiger partial charge in [0.2, 0.25) is 0 Å². The van der Waals surface area contributed by atoms with Crippen LogP contribution in [0.4, 0.5) is 5.69 Å². The number of hydrogen-bond acceptors (Lipinski definition) is 6. The van der Waals surface area contributed by atoms with Crippen LogP contribution >= 0.6 is 0 Å². The molecule has 0 atom stereocenters. The van der Waals surface area contributed by atoms with Gasteiger partial charge in [0.15, 0.2) is 14.9 Å². The second-order valence-corrected chi connectivity index (χ2v) is 9.67. The van der Waals surface area contributed by atoms with Gasteiger partial charge in [0.05, 0.1) is 10.6 Å². The fourth-order valence-electron chi connectivity index (χ4n) is 2.35. The molecule has 140 valence electrons. The first-order chi connectivity index (χ1) is 12.6. The van der Waals surface area contributed by atoms with Gasteiger partial charge in [-0.05, 0) is 43.3 Å². The van der Waals surface area contributed by atoms with Crippen LogP contribution in [0.15, 0.2) is 70.6 Å². The van der Waals surface area contributed by atoms with Crippen LogP contribution in [0.2, 0.25) is 0 Å². The number of anilines is 1. The Morgan fingerprint density at radius 1 is 0.852 bits per heavy atom. The molecule has 0 amide bonds. The lowest BCUT2D eigenvalue weighted by Gasteiger charge is -2.10. The molecule has 3 aromatic rings. The maximum atomic E-state index is 12.5. The van der Waals surface area contributed by atoms with Gasteiger partial charge in [-0.25, -0.2) is 16.8 Å². The van der Waals surface area contributed by atoms with Crippen molar-refractivity contribution in [1.82, 2.24) is 10.2 Å². The van der Waals surface area contributed by atoms with Crippen molar-refractivity contribution in [3.63, 3.8) is 0 Å². The summed E-state index contributed by atoms with van der Waals surface area (Å²) in [6.07, 6.45) is 1.05. The van der Waals surface area contributed by atoms with E-state index in [1.807, 2.05) is 6.92 Å². The smallest absolute Gasteiger partial charge is 0.261 e. The predicted octanol–water partition coefficient (Wildman–Crippen LogP) is 2.66. The van der Waals surface area contributed by atoms with Gasteiger partial charge in [-0.1, -0.05) is 29.8 Å². The molecule has 0 bridgehead atoms. The van der Waals surface area contributed by atoms with Gasteiger partial charge < -0.3 is 0 Å². The second-order valence-electron chi connectivity index (χ2n) is 6.03. The van der Waals surface area contributed by atoms with Crippen LogP contribution < -0.4 is 4.72 Å². The molecule has 0 fully saturated rings. The van der Waals surface area contributed by atoms with Crippen molar-refractivity contribution in [2.24, 2.45) is 0 Å². The summed E-state index contributed by atoms with van der Waals surface area (Å²) in [5.41, 5.74) is 2.36. The number of nitrogens with zero attached hydrogens (tertiary/aromatic N) is 2. The average Bonchev–Trinajstić information content (AvgIpc) is 2.61. The topological polar surface area (TPSA) is 106 Å². The van der Waals surface area contributed by atoms with Gasteiger partial charge in [0.1, 0.15) is 0 Å². The summed E-state index contributed by atoms with van der Waals surface area (Å²) < 4.78 is 50.5. The number of sulfone groups is 1. The summed E-state index contributed by atoms with van der Waals surface area (Å²) in [6.45, 7) is 1.88. The van der Waals surface area contributed by atoms with Crippen molar-refractivity contribution in [2.45, 2.75) is 16.8 Å². The Hall–Kier alpha value is -2.78. The molecule has 27 heavy (non-hydrogen) atoms. The Bertz CT molecular complexity index is 1170. The minimum Gasteiger partial charge on any atom is -0.280 e. The maximum Gasteiger partial charge on any atom is 0.261 e. The zero-order chi connectivity index (χ0) is 19.7. The average molecular weight is 403 g/mol. The second kappa shape index (κ2) is 7.09. The third-order valence-corrected chi connectivity index (χ3v) is 6.14. The first-order valence-corrected chi connectivity index (χ1v) is 11.3. The van der Waals surface area contributed by atoms with Crippen LogP contribution in [0.25, 0.3) is 11.3 Å². The number of nitrogens with one attached hydrogen (secondary N) is 1. The van der Waals surface area contributed by atoms with Gasteiger partial charge in [0, 0.05) is 17.5 Å². The minimum absolute atomic E-state index is 0.123. The lowest BCUT2D eigenvalue weighted by molar-refractivity contribution is 0.595. The summed E-state index contributed by atoms with van der Waals surface area (Å²) in [5.74, 6) is 0. The van der Waals surface area contributed by atoms with Gasteiger partial charge >= 0.3 is 0 Å². The van der Waals surface area contributed by atoms with Crippen LogP contribution in [0, 0.1) is 6.92 Å². The van der Waals surface area contributed by atoms with Crippen LogP contribution in [0.3, 0.4) is 0 Å². The Labute approximate surface area is 158 Å². The molecule has 7 nitrogen and oxygen atoms in total. The van der Waals surface area contributed by atoms with Gasteiger partial charge in [-0.2, -0.15) is 0 Å². The molecule has 2 aromatic carbocycles. The van der Waals surface area contributed by atoms with E-state index in [1.165, 1.54) is 24.3 Å². The molecule has 1 heterocycles. The van der Waals surface area contributed by atoms with Crippen molar-refractivity contribution in [3.05, 3.63) is 66.2 Å². The predicted molar refractivity (Wildman–Crippen MR) is 103 cm³/mol. The largest absolute Gasteiger partial charge is 0.280 e. The normalized spacial score (nSPS) is 11.9. The van der Waals surface area contributed by atoms with Crippen LogP contribution in [-0.2, 0) is 19.9 Å². The van der Waals surface area contributed by atoms with Crippen molar-refractivity contribution in [3.8, 4) is 11.3 Å². The summed E-state index contributed by atoms with van der Waals surface area (Å²) in [5, 5.41) is 7.50. The van der Waals surface area contributed by atoms with Crippen LogP contribution in [0.5, 0.6) is 0 Å². The summed E-state index contributed by atoms with van der Waals surface area (Å²) >= 11 is 0. The van der Waals surface area contributed by atoms with E-state index in [1.54, 1.807) is 36.4 Å². The Kier molecular flexibility index (Phi) is 4.99. The summed E-state index contributed by atoms with van der Waals surface area (Å²) in [7, 11) is -7.15. The first kappa shape index (κ1) is 19.0. The molecule has 3 rings (SSSR count). The van der Waals surface area contributed by atoms with E-state index in [9.17, 15) is 16.8 Å². The van der Waals surface area contributed by atoms with Gasteiger partial charge in [0.25, 0.3) is 10.0 Å². The lowest BCUT2D eigenvalue weighted by atomic mass is 10.1. The molecule has 1 aromatic heterocycles.